The number of methoxy groups -OCH3 is 2. The number of carbonyl (C=O) groups is 1. The molecule has 0 saturated carbocycles. The van der Waals surface area contributed by atoms with Gasteiger partial charge < -0.3 is 18.9 Å². The minimum absolute atomic E-state index is 0.161. The third-order valence-corrected chi connectivity index (χ3v) is 3.95. The first kappa shape index (κ1) is 13.7. The van der Waals surface area contributed by atoms with Crippen molar-refractivity contribution in [2.75, 3.05) is 21.0 Å². The Balaban J connectivity index is 1.92. The summed E-state index contributed by atoms with van der Waals surface area (Å²) >= 11 is 1.45. The predicted octanol–water partition coefficient (Wildman–Crippen LogP) is 2.26. The van der Waals surface area contributed by atoms with Crippen LogP contribution in [0.25, 0.3) is 10.6 Å². The molecule has 3 rings (SSSR count). The first-order valence-electron chi connectivity index (χ1n) is 6.20. The number of carbonyl (C=O) groups excluding carboxylic acids is 1. The zero-order chi connectivity index (χ0) is 14.8. The van der Waals surface area contributed by atoms with E-state index in [0.717, 1.165) is 10.6 Å². The van der Waals surface area contributed by atoms with E-state index in [1.54, 1.807) is 7.11 Å². The van der Waals surface area contributed by atoms with Gasteiger partial charge in [0.05, 0.1) is 26.3 Å². The highest BCUT2D eigenvalue weighted by molar-refractivity contribution is 7.13. The van der Waals surface area contributed by atoms with Gasteiger partial charge in [-0.3, -0.25) is 4.79 Å². The maximum atomic E-state index is 11.3. The molecule has 110 valence electrons. The fourth-order valence-electron chi connectivity index (χ4n) is 1.99. The molecule has 2 heterocycles. The maximum Gasteiger partial charge on any atom is 0.311 e. The van der Waals surface area contributed by atoms with Crippen molar-refractivity contribution in [3.63, 3.8) is 0 Å². The van der Waals surface area contributed by atoms with Gasteiger partial charge in [0.15, 0.2) is 11.5 Å². The molecule has 21 heavy (non-hydrogen) atoms. The highest BCUT2D eigenvalue weighted by atomic mass is 32.1. The van der Waals surface area contributed by atoms with Gasteiger partial charge in [-0.2, -0.15) is 0 Å². The van der Waals surface area contributed by atoms with Crippen LogP contribution in [0.15, 0.2) is 17.5 Å². The lowest BCUT2D eigenvalue weighted by Gasteiger charge is -2.06. The molecule has 1 aromatic heterocycles. The predicted molar refractivity (Wildman–Crippen MR) is 75.9 cm³/mol. The number of ether oxygens (including phenoxy) is 4. The Kier molecular flexibility index (Phi) is 3.66. The molecule has 0 saturated heterocycles. The molecule has 1 aliphatic heterocycles. The quantitative estimate of drug-likeness (QED) is 0.807. The van der Waals surface area contributed by atoms with Crippen LogP contribution in [-0.2, 0) is 16.0 Å². The summed E-state index contributed by atoms with van der Waals surface area (Å²) in [5.41, 5.74) is 1.54. The number of nitrogens with zero attached hydrogens (tertiary/aromatic N) is 1. The third-order valence-electron chi connectivity index (χ3n) is 3.01. The summed E-state index contributed by atoms with van der Waals surface area (Å²) in [4.78, 5) is 15.7. The van der Waals surface area contributed by atoms with Crippen molar-refractivity contribution < 1.29 is 23.7 Å². The molecule has 1 aromatic carbocycles. The van der Waals surface area contributed by atoms with Gasteiger partial charge in [0.25, 0.3) is 0 Å². The standard InChI is InChI=1S/C14H13NO5S/c1-17-10-3-8(4-11-13(10)20-7-19-11)14-15-9(6-21-14)5-12(16)18-2/h3-4,6H,5,7H2,1-2H3. The lowest BCUT2D eigenvalue weighted by atomic mass is 10.2. The molecule has 1 aliphatic rings. The van der Waals surface area contributed by atoms with Gasteiger partial charge in [-0.05, 0) is 12.1 Å². The van der Waals surface area contributed by atoms with Gasteiger partial charge in [0.2, 0.25) is 12.5 Å². The number of esters is 1. The van der Waals surface area contributed by atoms with Crippen molar-refractivity contribution in [2.24, 2.45) is 0 Å². The molecule has 0 amide bonds. The van der Waals surface area contributed by atoms with Gasteiger partial charge >= 0.3 is 5.97 Å². The number of aromatic nitrogens is 1. The molecule has 7 heteroatoms. The normalized spacial score (nSPS) is 12.3. The van der Waals surface area contributed by atoms with Crippen molar-refractivity contribution in [1.82, 2.24) is 4.98 Å². The van der Waals surface area contributed by atoms with Crippen molar-refractivity contribution in [3.8, 4) is 27.8 Å². The number of fused-ring (bicyclic) bond motifs is 1. The van der Waals surface area contributed by atoms with Crippen LogP contribution in [0.5, 0.6) is 17.2 Å². The summed E-state index contributed by atoms with van der Waals surface area (Å²) < 4.78 is 20.7. The van der Waals surface area contributed by atoms with Gasteiger partial charge in [0.1, 0.15) is 5.01 Å². The van der Waals surface area contributed by atoms with Crippen LogP contribution in [0, 0.1) is 0 Å². The van der Waals surface area contributed by atoms with E-state index in [-0.39, 0.29) is 19.2 Å². The highest BCUT2D eigenvalue weighted by Gasteiger charge is 2.21. The fourth-order valence-corrected chi connectivity index (χ4v) is 2.80. The van der Waals surface area contributed by atoms with Gasteiger partial charge in [-0.1, -0.05) is 0 Å². The van der Waals surface area contributed by atoms with Crippen LogP contribution in [-0.4, -0.2) is 32.0 Å². The molecule has 2 aromatic rings. The monoisotopic (exact) mass is 307 g/mol. The fraction of sp³-hybridized carbons (Fsp3) is 0.286. The Bertz CT molecular complexity index is 682. The summed E-state index contributed by atoms with van der Waals surface area (Å²) in [6.45, 7) is 0.181. The summed E-state index contributed by atoms with van der Waals surface area (Å²) in [5, 5.41) is 2.62. The SMILES string of the molecule is COC(=O)Cc1csc(-c2cc(OC)c3c(c2)OCO3)n1. The van der Waals surface area contributed by atoms with E-state index in [4.69, 9.17) is 14.2 Å². The zero-order valence-corrected chi connectivity index (χ0v) is 12.4. The minimum atomic E-state index is -0.310. The van der Waals surface area contributed by atoms with E-state index >= 15 is 0 Å². The largest absolute Gasteiger partial charge is 0.493 e. The molecule has 0 bridgehead atoms. The number of hydrogen-bond donors (Lipinski definition) is 0. The van der Waals surface area contributed by atoms with Crippen molar-refractivity contribution in [2.45, 2.75) is 6.42 Å². The lowest BCUT2D eigenvalue weighted by Crippen LogP contribution is -2.04. The van der Waals surface area contributed by atoms with Crippen molar-refractivity contribution in [1.29, 1.82) is 0 Å². The van der Waals surface area contributed by atoms with Gasteiger partial charge in [-0.25, -0.2) is 4.98 Å². The molecule has 0 atom stereocenters. The number of thiazole rings is 1. The number of rotatable bonds is 4. The first-order valence-corrected chi connectivity index (χ1v) is 7.08. The minimum Gasteiger partial charge on any atom is -0.493 e. The summed E-state index contributed by atoms with van der Waals surface area (Å²) in [7, 11) is 2.93. The second-order valence-corrected chi connectivity index (χ2v) is 5.17. The van der Waals surface area contributed by atoms with Gasteiger partial charge in [-0.15, -0.1) is 11.3 Å². The van der Waals surface area contributed by atoms with Crippen molar-refractivity contribution >= 4 is 17.3 Å². The molecule has 0 aliphatic carbocycles. The molecule has 0 radical (unpaired) electrons. The maximum absolute atomic E-state index is 11.3. The molecular formula is C14H13NO5S. The van der Waals surface area contributed by atoms with E-state index in [1.165, 1.54) is 18.4 Å². The van der Waals surface area contributed by atoms with Crippen LogP contribution in [0.1, 0.15) is 5.69 Å². The molecule has 0 N–H and O–H groups in total. The topological polar surface area (TPSA) is 66.9 Å². The summed E-state index contributed by atoms with van der Waals surface area (Å²) in [6, 6.07) is 3.69. The average Bonchev–Trinajstić information content (AvgIpc) is 3.14. The Hall–Kier alpha value is -2.28. The summed E-state index contributed by atoms with van der Waals surface area (Å²) in [5.74, 6) is 1.53. The Morgan fingerprint density at radius 1 is 1.38 bits per heavy atom. The third kappa shape index (κ3) is 2.64. The second-order valence-electron chi connectivity index (χ2n) is 4.31. The Morgan fingerprint density at radius 2 is 2.24 bits per heavy atom. The Labute approximate surface area is 125 Å². The van der Waals surface area contributed by atoms with E-state index in [9.17, 15) is 4.79 Å². The van der Waals surface area contributed by atoms with E-state index in [1.807, 2.05) is 17.5 Å². The summed E-state index contributed by atoms with van der Waals surface area (Å²) in [6.07, 6.45) is 0.161. The molecule has 6 nitrogen and oxygen atoms in total. The molecule has 0 spiro atoms. The van der Waals surface area contributed by atoms with Crippen LogP contribution in [0.2, 0.25) is 0 Å². The highest BCUT2D eigenvalue weighted by Crippen LogP contribution is 2.44. The number of benzene rings is 1. The van der Waals surface area contributed by atoms with Gasteiger partial charge in [0, 0.05) is 10.9 Å². The molecular weight excluding hydrogens is 294 g/mol. The lowest BCUT2D eigenvalue weighted by molar-refractivity contribution is -0.139. The van der Waals surface area contributed by atoms with Crippen LogP contribution in [0.3, 0.4) is 0 Å². The molecule has 0 fully saturated rings. The van der Waals surface area contributed by atoms with E-state index in [2.05, 4.69) is 9.72 Å². The van der Waals surface area contributed by atoms with Crippen molar-refractivity contribution in [3.05, 3.63) is 23.2 Å². The van der Waals surface area contributed by atoms with Crippen LogP contribution >= 0.6 is 11.3 Å². The second kappa shape index (κ2) is 5.61. The van der Waals surface area contributed by atoms with Crippen LogP contribution in [0.4, 0.5) is 0 Å². The van der Waals surface area contributed by atoms with E-state index in [0.29, 0.717) is 22.9 Å². The number of hydrogen-bond acceptors (Lipinski definition) is 7. The molecule has 0 unspecified atom stereocenters. The van der Waals surface area contributed by atoms with E-state index < -0.39 is 0 Å². The first-order chi connectivity index (χ1) is 10.2. The Morgan fingerprint density at radius 3 is 3.00 bits per heavy atom. The average molecular weight is 307 g/mol. The van der Waals surface area contributed by atoms with Crippen LogP contribution < -0.4 is 14.2 Å². The zero-order valence-electron chi connectivity index (χ0n) is 11.5. The smallest absolute Gasteiger partial charge is 0.311 e.